The fraction of sp³-hybridized carbons (Fsp3) is 0.636. The largest absolute Gasteiger partial charge is 0.363 e. The van der Waals surface area contributed by atoms with Crippen molar-refractivity contribution >= 4 is 23.1 Å². The van der Waals surface area contributed by atoms with E-state index in [1.54, 1.807) is 0 Å². The lowest BCUT2D eigenvalue weighted by Gasteiger charge is -2.24. The first-order valence-electron chi connectivity index (χ1n) is 6.11. The van der Waals surface area contributed by atoms with Gasteiger partial charge in [-0.2, -0.15) is 4.98 Å². The maximum Gasteiger partial charge on any atom is 0.329 e. The molecule has 0 aromatic carbocycles. The van der Waals surface area contributed by atoms with Crippen molar-refractivity contribution in [2.45, 2.75) is 31.8 Å². The highest BCUT2D eigenvalue weighted by atomic mass is 35.5. The van der Waals surface area contributed by atoms with Crippen LogP contribution in [0.15, 0.2) is 6.20 Å². The van der Waals surface area contributed by atoms with Crippen molar-refractivity contribution in [3.8, 4) is 0 Å². The number of halogens is 1. The second-order valence-electron chi connectivity index (χ2n) is 4.76. The summed E-state index contributed by atoms with van der Waals surface area (Å²) in [4.78, 5) is 20.1. The Balaban J connectivity index is 2.01. The summed E-state index contributed by atoms with van der Waals surface area (Å²) in [6.07, 6.45) is 3.56. The van der Waals surface area contributed by atoms with Gasteiger partial charge in [0.1, 0.15) is 6.20 Å². The highest BCUT2D eigenvalue weighted by Crippen LogP contribution is 2.27. The van der Waals surface area contributed by atoms with Crippen LogP contribution in [0.5, 0.6) is 0 Å². The average molecular weight is 286 g/mol. The third kappa shape index (κ3) is 3.51. The Kier molecular flexibility index (Phi) is 4.16. The molecule has 1 N–H and O–H groups in total. The van der Waals surface area contributed by atoms with Gasteiger partial charge in [0.2, 0.25) is 11.1 Å². The standard InChI is InChI=1S/C11H16ClN5O2/c1-7(16(2)8-3-4-8)5-13-10-9(17(18)19)6-14-11(12)15-10/h6-8H,3-5H2,1-2H3,(H,13,14,15). The molecule has 0 bridgehead atoms. The zero-order valence-electron chi connectivity index (χ0n) is 10.8. The number of nitrogens with zero attached hydrogens (tertiary/aromatic N) is 4. The SMILES string of the molecule is CC(CNc1nc(Cl)ncc1[N+](=O)[O-])N(C)C1CC1. The number of hydrogen-bond donors (Lipinski definition) is 1. The van der Waals surface area contributed by atoms with Gasteiger partial charge in [0.15, 0.2) is 0 Å². The van der Waals surface area contributed by atoms with E-state index in [1.165, 1.54) is 12.8 Å². The van der Waals surface area contributed by atoms with Crippen molar-refractivity contribution < 1.29 is 4.92 Å². The third-order valence-corrected chi connectivity index (χ3v) is 3.50. The van der Waals surface area contributed by atoms with Gasteiger partial charge in [-0.15, -0.1) is 0 Å². The van der Waals surface area contributed by atoms with E-state index in [1.807, 2.05) is 0 Å². The summed E-state index contributed by atoms with van der Waals surface area (Å²) >= 11 is 5.66. The number of nitro groups is 1. The molecule has 8 heteroatoms. The van der Waals surface area contributed by atoms with Crippen LogP contribution in [0.4, 0.5) is 11.5 Å². The Morgan fingerprint density at radius 1 is 1.68 bits per heavy atom. The maximum absolute atomic E-state index is 10.9. The van der Waals surface area contributed by atoms with Crippen LogP contribution < -0.4 is 5.32 Å². The first kappa shape index (κ1) is 14.0. The highest BCUT2D eigenvalue weighted by Gasteiger charge is 2.29. The number of hydrogen-bond acceptors (Lipinski definition) is 6. The van der Waals surface area contributed by atoms with Gasteiger partial charge in [0.05, 0.1) is 4.92 Å². The van der Waals surface area contributed by atoms with Gasteiger partial charge >= 0.3 is 5.69 Å². The topological polar surface area (TPSA) is 84.2 Å². The Morgan fingerprint density at radius 2 is 2.37 bits per heavy atom. The van der Waals surface area contributed by atoms with E-state index >= 15 is 0 Å². The predicted octanol–water partition coefficient (Wildman–Crippen LogP) is 1.93. The lowest BCUT2D eigenvalue weighted by atomic mass is 10.3. The van der Waals surface area contributed by atoms with Gasteiger partial charge in [-0.05, 0) is 38.4 Å². The first-order valence-corrected chi connectivity index (χ1v) is 6.49. The molecule has 104 valence electrons. The van der Waals surface area contributed by atoms with Gasteiger partial charge in [0.25, 0.3) is 0 Å². The van der Waals surface area contributed by atoms with Crippen molar-refractivity contribution in [2.24, 2.45) is 0 Å². The molecule has 0 aliphatic heterocycles. The third-order valence-electron chi connectivity index (χ3n) is 3.32. The fourth-order valence-corrected chi connectivity index (χ4v) is 1.98. The molecule has 1 aromatic heterocycles. The molecule has 0 amide bonds. The molecule has 1 saturated carbocycles. The van der Waals surface area contributed by atoms with Crippen LogP contribution in [0.2, 0.25) is 5.28 Å². The van der Waals surface area contributed by atoms with Gasteiger partial charge in [-0.1, -0.05) is 0 Å². The summed E-state index contributed by atoms with van der Waals surface area (Å²) in [6, 6.07) is 0.904. The number of rotatable bonds is 6. The highest BCUT2D eigenvalue weighted by molar-refractivity contribution is 6.28. The summed E-state index contributed by atoms with van der Waals surface area (Å²) in [5.41, 5.74) is -0.161. The second-order valence-corrected chi connectivity index (χ2v) is 5.09. The summed E-state index contributed by atoms with van der Waals surface area (Å²) in [5, 5.41) is 13.8. The van der Waals surface area contributed by atoms with Crippen molar-refractivity contribution in [3.63, 3.8) is 0 Å². The van der Waals surface area contributed by atoms with Gasteiger partial charge in [-0.25, -0.2) is 4.98 Å². The lowest BCUT2D eigenvalue weighted by molar-refractivity contribution is -0.384. The number of anilines is 1. The van der Waals surface area contributed by atoms with Crippen molar-refractivity contribution in [3.05, 3.63) is 21.6 Å². The predicted molar refractivity (Wildman–Crippen MR) is 72.4 cm³/mol. The Bertz CT molecular complexity index is 480. The minimum absolute atomic E-state index is 0.00343. The van der Waals surface area contributed by atoms with Crippen molar-refractivity contribution in [2.75, 3.05) is 18.9 Å². The van der Waals surface area contributed by atoms with Crippen molar-refractivity contribution in [1.82, 2.24) is 14.9 Å². The molecule has 0 saturated heterocycles. The molecule has 1 aromatic rings. The number of nitrogens with one attached hydrogen (secondary N) is 1. The molecule has 1 aliphatic rings. The van der Waals surface area contributed by atoms with Crippen LogP contribution in [0.3, 0.4) is 0 Å². The van der Waals surface area contributed by atoms with Gasteiger partial charge in [-0.3, -0.25) is 15.0 Å². The normalized spacial score (nSPS) is 16.4. The molecule has 7 nitrogen and oxygen atoms in total. The summed E-state index contributed by atoms with van der Waals surface area (Å²) < 4.78 is 0. The molecule has 1 unspecified atom stereocenters. The first-order chi connectivity index (χ1) is 8.99. The summed E-state index contributed by atoms with van der Waals surface area (Å²) in [5.74, 6) is 0.168. The van der Waals surface area contributed by atoms with E-state index < -0.39 is 4.92 Å². The molecule has 2 rings (SSSR count). The van der Waals surface area contributed by atoms with Crippen LogP contribution in [0, 0.1) is 10.1 Å². The smallest absolute Gasteiger partial charge is 0.329 e. The second kappa shape index (κ2) is 5.66. The maximum atomic E-state index is 10.9. The van der Waals surface area contributed by atoms with Crippen LogP contribution in [0.25, 0.3) is 0 Å². The molecule has 19 heavy (non-hydrogen) atoms. The van der Waals surface area contributed by atoms with E-state index in [9.17, 15) is 10.1 Å². The van der Waals surface area contributed by atoms with Crippen molar-refractivity contribution in [1.29, 1.82) is 0 Å². The lowest BCUT2D eigenvalue weighted by Crippen LogP contribution is -2.36. The monoisotopic (exact) mass is 285 g/mol. The van der Waals surface area contributed by atoms with E-state index in [-0.39, 0.29) is 22.8 Å². The van der Waals surface area contributed by atoms with Gasteiger partial charge in [0, 0.05) is 18.6 Å². The van der Waals surface area contributed by atoms with E-state index in [2.05, 4.69) is 34.2 Å². The minimum atomic E-state index is -0.520. The summed E-state index contributed by atoms with van der Waals surface area (Å²) in [6.45, 7) is 2.64. The molecule has 1 fully saturated rings. The molecule has 1 aliphatic carbocycles. The molecule has 0 spiro atoms. The van der Waals surface area contributed by atoms with Crippen LogP contribution in [-0.2, 0) is 0 Å². The molecule has 1 atom stereocenters. The molecule has 0 radical (unpaired) electrons. The Hall–Kier alpha value is -1.47. The van der Waals surface area contributed by atoms with Crippen LogP contribution in [-0.4, -0.2) is 45.5 Å². The molecular weight excluding hydrogens is 270 g/mol. The zero-order valence-corrected chi connectivity index (χ0v) is 11.6. The van der Waals surface area contributed by atoms with Gasteiger partial charge < -0.3 is 5.32 Å². The van der Waals surface area contributed by atoms with Crippen LogP contribution in [0.1, 0.15) is 19.8 Å². The van der Waals surface area contributed by atoms with E-state index in [0.29, 0.717) is 12.6 Å². The molecule has 1 heterocycles. The zero-order chi connectivity index (χ0) is 14.0. The molecular formula is C11H16ClN5O2. The Labute approximate surface area is 116 Å². The minimum Gasteiger partial charge on any atom is -0.363 e. The van der Waals surface area contributed by atoms with Crippen LogP contribution >= 0.6 is 11.6 Å². The number of likely N-dealkylation sites (N-methyl/N-ethyl adjacent to an activating group) is 1. The summed E-state index contributed by atoms with van der Waals surface area (Å²) in [7, 11) is 2.06. The quantitative estimate of drug-likeness (QED) is 0.488. The van der Waals surface area contributed by atoms with E-state index in [0.717, 1.165) is 6.20 Å². The average Bonchev–Trinajstić information content (AvgIpc) is 3.18. The van der Waals surface area contributed by atoms with E-state index in [4.69, 9.17) is 11.6 Å². The Morgan fingerprint density at radius 3 is 2.95 bits per heavy atom. The number of aromatic nitrogens is 2. The fourth-order valence-electron chi connectivity index (χ4n) is 1.85.